The van der Waals surface area contributed by atoms with Crippen LogP contribution in [0, 0.1) is 0 Å². The molecule has 0 radical (unpaired) electrons. The number of esters is 3. The molecule has 8 nitrogen and oxygen atoms in total. The molecule has 0 aliphatic heterocycles. The molecule has 3 aromatic rings. The normalized spacial score (nSPS) is 10.3. The van der Waals surface area contributed by atoms with Crippen LogP contribution in [0.2, 0.25) is 0 Å². The van der Waals surface area contributed by atoms with Gasteiger partial charge in [0, 0.05) is 17.0 Å². The molecule has 3 rings (SSSR count). The zero-order valence-corrected chi connectivity index (χ0v) is 21.7. The Kier molecular flexibility index (Phi) is 9.54. The molecule has 188 valence electrons. The van der Waals surface area contributed by atoms with Gasteiger partial charge in [-0.05, 0) is 55.9 Å². The lowest BCUT2D eigenvalue weighted by Gasteiger charge is -2.13. The van der Waals surface area contributed by atoms with Gasteiger partial charge in [-0.25, -0.2) is 14.4 Å². The highest BCUT2D eigenvalue weighted by molar-refractivity contribution is 7.80. The van der Waals surface area contributed by atoms with E-state index < -0.39 is 17.9 Å². The topological polar surface area (TPSA) is 103 Å². The van der Waals surface area contributed by atoms with E-state index in [0.29, 0.717) is 22.7 Å². The van der Waals surface area contributed by atoms with E-state index in [0.717, 1.165) is 10.4 Å². The van der Waals surface area contributed by atoms with Crippen molar-refractivity contribution in [2.75, 3.05) is 31.0 Å². The molecule has 2 aromatic carbocycles. The average molecular weight is 527 g/mol. The van der Waals surface area contributed by atoms with Gasteiger partial charge in [0.1, 0.15) is 5.00 Å². The standard InChI is InChI=1S/C26H26N2O6S2/c1-4-33-23(29)17-12-18(24(30)34-5-2)14-19(13-17)27-26(35)28-22-21(25(31)32-3)15-20(36-22)11-16-9-7-6-8-10-16/h6-10,12-15H,4-5,11H2,1-3H3,(H2,27,28,35). The molecule has 0 aliphatic rings. The predicted molar refractivity (Wildman–Crippen MR) is 143 cm³/mol. The summed E-state index contributed by atoms with van der Waals surface area (Å²) in [5.41, 5.74) is 2.17. The molecule has 0 fully saturated rings. The summed E-state index contributed by atoms with van der Waals surface area (Å²) in [4.78, 5) is 37.9. The molecular weight excluding hydrogens is 500 g/mol. The first kappa shape index (κ1) is 26.8. The van der Waals surface area contributed by atoms with E-state index in [1.807, 2.05) is 30.3 Å². The van der Waals surface area contributed by atoms with E-state index >= 15 is 0 Å². The van der Waals surface area contributed by atoms with Crippen LogP contribution in [0.1, 0.15) is 55.4 Å². The van der Waals surface area contributed by atoms with Crippen LogP contribution in [0.15, 0.2) is 54.6 Å². The van der Waals surface area contributed by atoms with Gasteiger partial charge < -0.3 is 24.8 Å². The van der Waals surface area contributed by atoms with Crippen molar-refractivity contribution < 1.29 is 28.6 Å². The Balaban J connectivity index is 1.84. The van der Waals surface area contributed by atoms with E-state index in [9.17, 15) is 14.4 Å². The van der Waals surface area contributed by atoms with Gasteiger partial charge in [-0.15, -0.1) is 11.3 Å². The van der Waals surface area contributed by atoms with Gasteiger partial charge in [-0.3, -0.25) is 0 Å². The Morgan fingerprint density at radius 2 is 1.47 bits per heavy atom. The molecule has 0 atom stereocenters. The Hall–Kier alpha value is -3.76. The number of methoxy groups -OCH3 is 1. The number of carbonyl (C=O) groups excluding carboxylic acids is 3. The molecule has 2 N–H and O–H groups in total. The molecule has 1 aromatic heterocycles. The van der Waals surface area contributed by atoms with Crippen molar-refractivity contribution in [3.8, 4) is 0 Å². The third-order valence-electron chi connectivity index (χ3n) is 4.85. The van der Waals surface area contributed by atoms with Crippen molar-refractivity contribution in [2.24, 2.45) is 0 Å². The van der Waals surface area contributed by atoms with Crippen LogP contribution in [0.25, 0.3) is 0 Å². The zero-order chi connectivity index (χ0) is 26.1. The summed E-state index contributed by atoms with van der Waals surface area (Å²) in [6.07, 6.45) is 0.641. The van der Waals surface area contributed by atoms with Gasteiger partial charge in [0.25, 0.3) is 0 Å². The number of carbonyl (C=O) groups is 3. The Bertz CT molecular complexity index is 1220. The van der Waals surface area contributed by atoms with E-state index in [1.54, 1.807) is 19.9 Å². The van der Waals surface area contributed by atoms with Crippen molar-refractivity contribution in [2.45, 2.75) is 20.3 Å². The third-order valence-corrected chi connectivity index (χ3v) is 6.10. The first-order valence-electron chi connectivity index (χ1n) is 11.2. The van der Waals surface area contributed by atoms with Crippen molar-refractivity contribution >= 4 is 57.3 Å². The average Bonchev–Trinajstić information content (AvgIpc) is 3.25. The Morgan fingerprint density at radius 3 is 2.03 bits per heavy atom. The third kappa shape index (κ3) is 7.12. The van der Waals surface area contributed by atoms with Crippen LogP contribution in [0.4, 0.5) is 10.7 Å². The first-order valence-corrected chi connectivity index (χ1v) is 12.4. The highest BCUT2D eigenvalue weighted by atomic mass is 32.1. The van der Waals surface area contributed by atoms with Crippen molar-refractivity contribution in [3.05, 3.63) is 81.7 Å². The second-order valence-electron chi connectivity index (χ2n) is 7.43. The fourth-order valence-electron chi connectivity index (χ4n) is 3.31. The van der Waals surface area contributed by atoms with Crippen LogP contribution in [-0.4, -0.2) is 43.3 Å². The molecule has 0 spiro atoms. The minimum atomic E-state index is -0.581. The lowest BCUT2D eigenvalue weighted by molar-refractivity contribution is 0.0523. The van der Waals surface area contributed by atoms with Gasteiger partial charge in [0.05, 0.1) is 37.0 Å². The molecule has 36 heavy (non-hydrogen) atoms. The number of rotatable bonds is 9. The molecule has 0 saturated carbocycles. The highest BCUT2D eigenvalue weighted by Gasteiger charge is 2.19. The number of thiocarbonyl (C=S) groups is 1. The van der Waals surface area contributed by atoms with E-state index in [4.69, 9.17) is 26.4 Å². The Morgan fingerprint density at radius 1 is 0.861 bits per heavy atom. The summed E-state index contributed by atoms with van der Waals surface area (Å²) in [5, 5.41) is 6.67. The second kappa shape index (κ2) is 12.8. The van der Waals surface area contributed by atoms with Crippen LogP contribution in [-0.2, 0) is 20.6 Å². The number of thiophene rings is 1. The molecule has 0 unspecified atom stereocenters. The van der Waals surface area contributed by atoms with Gasteiger partial charge in [-0.2, -0.15) is 0 Å². The highest BCUT2D eigenvalue weighted by Crippen LogP contribution is 2.31. The summed E-state index contributed by atoms with van der Waals surface area (Å²) in [6.45, 7) is 3.75. The molecule has 0 bridgehead atoms. The summed E-state index contributed by atoms with van der Waals surface area (Å²) >= 11 is 6.84. The van der Waals surface area contributed by atoms with Crippen LogP contribution < -0.4 is 10.6 Å². The maximum atomic E-state index is 12.4. The number of hydrogen-bond acceptors (Lipinski definition) is 8. The Labute approximate surface area is 218 Å². The van der Waals surface area contributed by atoms with Crippen LogP contribution in [0.3, 0.4) is 0 Å². The summed E-state index contributed by atoms with van der Waals surface area (Å²) in [6, 6.07) is 16.1. The SMILES string of the molecule is CCOC(=O)c1cc(NC(=S)Nc2sc(Cc3ccccc3)cc2C(=O)OC)cc(C(=O)OCC)c1. The smallest absolute Gasteiger partial charge is 0.340 e. The predicted octanol–water partition coefficient (Wildman–Crippen LogP) is 5.29. The number of hydrogen-bond donors (Lipinski definition) is 2. The number of benzene rings is 2. The van der Waals surface area contributed by atoms with Gasteiger partial charge in [0.15, 0.2) is 5.11 Å². The van der Waals surface area contributed by atoms with Crippen molar-refractivity contribution in [1.29, 1.82) is 0 Å². The van der Waals surface area contributed by atoms with Gasteiger partial charge in [0.2, 0.25) is 0 Å². The van der Waals surface area contributed by atoms with E-state index in [1.165, 1.54) is 36.6 Å². The fourth-order valence-corrected chi connectivity index (χ4v) is 4.68. The molecule has 0 aliphatic carbocycles. The van der Waals surface area contributed by atoms with Crippen molar-refractivity contribution in [1.82, 2.24) is 0 Å². The quantitative estimate of drug-likeness (QED) is 0.219. The monoisotopic (exact) mass is 526 g/mol. The van der Waals surface area contributed by atoms with Crippen LogP contribution in [0.5, 0.6) is 0 Å². The maximum absolute atomic E-state index is 12.4. The summed E-state index contributed by atoms with van der Waals surface area (Å²) in [5.74, 6) is -1.66. The lowest BCUT2D eigenvalue weighted by atomic mass is 10.1. The molecule has 0 amide bonds. The number of ether oxygens (including phenoxy) is 3. The molecule has 1 heterocycles. The second-order valence-corrected chi connectivity index (χ2v) is 8.97. The van der Waals surface area contributed by atoms with Gasteiger partial charge >= 0.3 is 17.9 Å². The first-order chi connectivity index (χ1) is 17.3. The molecular formula is C26H26N2O6S2. The maximum Gasteiger partial charge on any atom is 0.340 e. The van der Waals surface area contributed by atoms with E-state index in [2.05, 4.69) is 10.6 Å². The molecule has 0 saturated heterocycles. The number of anilines is 2. The minimum Gasteiger partial charge on any atom is -0.465 e. The zero-order valence-electron chi connectivity index (χ0n) is 20.1. The summed E-state index contributed by atoms with van der Waals surface area (Å²) in [7, 11) is 1.31. The number of nitrogens with one attached hydrogen (secondary N) is 2. The fraction of sp³-hybridized carbons (Fsp3) is 0.231. The van der Waals surface area contributed by atoms with Crippen molar-refractivity contribution in [3.63, 3.8) is 0 Å². The molecule has 10 heteroatoms. The minimum absolute atomic E-state index is 0.157. The van der Waals surface area contributed by atoms with Crippen LogP contribution >= 0.6 is 23.6 Å². The lowest BCUT2D eigenvalue weighted by Crippen LogP contribution is -2.20. The van der Waals surface area contributed by atoms with E-state index in [-0.39, 0.29) is 29.5 Å². The van der Waals surface area contributed by atoms with Gasteiger partial charge in [-0.1, -0.05) is 30.3 Å². The largest absolute Gasteiger partial charge is 0.465 e. The summed E-state index contributed by atoms with van der Waals surface area (Å²) < 4.78 is 15.1.